The molecule has 0 spiro atoms. The zero-order valence-corrected chi connectivity index (χ0v) is 9.27. The summed E-state index contributed by atoms with van der Waals surface area (Å²) < 4.78 is 0. The van der Waals surface area contributed by atoms with Crippen LogP contribution >= 0.6 is 0 Å². The molecule has 0 radical (unpaired) electrons. The molecule has 3 nitrogen and oxygen atoms in total. The van der Waals surface area contributed by atoms with Crippen LogP contribution in [0.15, 0.2) is 42.7 Å². The number of hydrogen-bond donors (Lipinski definition) is 2. The highest BCUT2D eigenvalue weighted by Gasteiger charge is 1.97. The SMILES string of the molecule is Cc1ccc(CNc2ccncc2N)cc1. The highest BCUT2D eigenvalue weighted by molar-refractivity contribution is 5.64. The maximum absolute atomic E-state index is 5.78. The number of anilines is 2. The van der Waals surface area contributed by atoms with Crippen molar-refractivity contribution in [1.29, 1.82) is 0 Å². The van der Waals surface area contributed by atoms with Crippen LogP contribution < -0.4 is 11.1 Å². The van der Waals surface area contributed by atoms with E-state index in [1.165, 1.54) is 11.1 Å². The van der Waals surface area contributed by atoms with E-state index in [0.29, 0.717) is 5.69 Å². The van der Waals surface area contributed by atoms with E-state index in [1.54, 1.807) is 12.4 Å². The fraction of sp³-hybridized carbons (Fsp3) is 0.154. The second-order valence-electron chi connectivity index (χ2n) is 3.80. The summed E-state index contributed by atoms with van der Waals surface area (Å²) in [5.74, 6) is 0. The highest BCUT2D eigenvalue weighted by Crippen LogP contribution is 2.16. The normalized spacial score (nSPS) is 10.1. The van der Waals surface area contributed by atoms with Gasteiger partial charge in [0.2, 0.25) is 0 Å². The van der Waals surface area contributed by atoms with E-state index >= 15 is 0 Å². The first kappa shape index (κ1) is 10.5. The molecule has 0 bridgehead atoms. The number of aromatic nitrogens is 1. The first-order valence-corrected chi connectivity index (χ1v) is 5.24. The third-order valence-electron chi connectivity index (χ3n) is 2.46. The number of nitrogens with two attached hydrogens (primary N) is 1. The Hall–Kier alpha value is -2.03. The number of nitrogens with one attached hydrogen (secondary N) is 1. The van der Waals surface area contributed by atoms with E-state index in [4.69, 9.17) is 5.73 Å². The topological polar surface area (TPSA) is 50.9 Å². The molecule has 2 rings (SSSR count). The summed E-state index contributed by atoms with van der Waals surface area (Å²) in [6.07, 6.45) is 3.38. The summed E-state index contributed by atoms with van der Waals surface area (Å²) in [4.78, 5) is 3.95. The standard InChI is InChI=1S/C13H15N3/c1-10-2-4-11(5-3-10)8-16-13-6-7-15-9-12(13)14/h2-7,9H,8,14H2,1H3,(H,15,16). The maximum Gasteiger partial charge on any atom is 0.0736 e. The minimum Gasteiger partial charge on any atom is -0.396 e. The fourth-order valence-electron chi connectivity index (χ4n) is 1.47. The molecule has 0 fully saturated rings. The van der Waals surface area contributed by atoms with Crippen LogP contribution in [0.3, 0.4) is 0 Å². The summed E-state index contributed by atoms with van der Waals surface area (Å²) in [6, 6.07) is 10.3. The second-order valence-corrected chi connectivity index (χ2v) is 3.80. The first-order valence-electron chi connectivity index (χ1n) is 5.24. The van der Waals surface area contributed by atoms with E-state index in [-0.39, 0.29) is 0 Å². The van der Waals surface area contributed by atoms with E-state index in [0.717, 1.165) is 12.2 Å². The van der Waals surface area contributed by atoms with Gasteiger partial charge in [0, 0.05) is 12.7 Å². The van der Waals surface area contributed by atoms with Crippen molar-refractivity contribution < 1.29 is 0 Å². The lowest BCUT2D eigenvalue weighted by Gasteiger charge is -2.08. The third kappa shape index (κ3) is 2.51. The monoisotopic (exact) mass is 213 g/mol. The largest absolute Gasteiger partial charge is 0.396 e. The molecule has 1 heterocycles. The Morgan fingerprint density at radius 2 is 1.94 bits per heavy atom. The van der Waals surface area contributed by atoms with E-state index < -0.39 is 0 Å². The lowest BCUT2D eigenvalue weighted by atomic mass is 10.1. The number of hydrogen-bond acceptors (Lipinski definition) is 3. The average Bonchev–Trinajstić information content (AvgIpc) is 2.30. The number of rotatable bonds is 3. The molecule has 1 aromatic heterocycles. The van der Waals surface area contributed by atoms with Gasteiger partial charge >= 0.3 is 0 Å². The first-order chi connectivity index (χ1) is 7.75. The van der Waals surface area contributed by atoms with Gasteiger partial charge in [-0.25, -0.2) is 0 Å². The predicted molar refractivity (Wildman–Crippen MR) is 67.2 cm³/mol. The molecular weight excluding hydrogens is 198 g/mol. The van der Waals surface area contributed by atoms with Crippen molar-refractivity contribution in [2.75, 3.05) is 11.1 Å². The van der Waals surface area contributed by atoms with Crippen molar-refractivity contribution in [3.8, 4) is 0 Å². The Kier molecular flexibility index (Phi) is 3.05. The van der Waals surface area contributed by atoms with Gasteiger partial charge in [0.1, 0.15) is 0 Å². The van der Waals surface area contributed by atoms with Gasteiger partial charge in [-0.15, -0.1) is 0 Å². The molecule has 0 unspecified atom stereocenters. The van der Waals surface area contributed by atoms with Crippen LogP contribution in [0, 0.1) is 6.92 Å². The van der Waals surface area contributed by atoms with Crippen molar-refractivity contribution in [3.05, 3.63) is 53.9 Å². The van der Waals surface area contributed by atoms with Gasteiger partial charge < -0.3 is 11.1 Å². The second kappa shape index (κ2) is 4.66. The van der Waals surface area contributed by atoms with Crippen molar-refractivity contribution in [2.24, 2.45) is 0 Å². The molecule has 0 amide bonds. The van der Waals surface area contributed by atoms with Crippen LogP contribution in [0.1, 0.15) is 11.1 Å². The van der Waals surface area contributed by atoms with Gasteiger partial charge in [0.15, 0.2) is 0 Å². The van der Waals surface area contributed by atoms with Crippen LogP contribution in [-0.4, -0.2) is 4.98 Å². The Morgan fingerprint density at radius 1 is 1.19 bits per heavy atom. The Bertz CT molecular complexity index is 463. The van der Waals surface area contributed by atoms with E-state index in [2.05, 4.69) is 41.5 Å². The predicted octanol–water partition coefficient (Wildman–Crippen LogP) is 2.58. The fourth-order valence-corrected chi connectivity index (χ4v) is 1.47. The quantitative estimate of drug-likeness (QED) is 0.824. The molecule has 16 heavy (non-hydrogen) atoms. The summed E-state index contributed by atoms with van der Waals surface area (Å²) in [5, 5.41) is 3.28. The molecule has 0 saturated carbocycles. The number of aryl methyl sites for hydroxylation is 1. The minimum absolute atomic E-state index is 0.676. The molecule has 0 atom stereocenters. The van der Waals surface area contributed by atoms with Gasteiger partial charge in [-0.05, 0) is 18.6 Å². The van der Waals surface area contributed by atoms with Gasteiger partial charge in [0.25, 0.3) is 0 Å². The molecule has 0 aliphatic heterocycles. The third-order valence-corrected chi connectivity index (χ3v) is 2.46. The Balaban J connectivity index is 2.02. The molecule has 0 aliphatic rings. The van der Waals surface area contributed by atoms with E-state index in [9.17, 15) is 0 Å². The van der Waals surface area contributed by atoms with Crippen molar-refractivity contribution in [1.82, 2.24) is 4.98 Å². The minimum atomic E-state index is 0.676. The molecule has 3 N–H and O–H groups in total. The lowest BCUT2D eigenvalue weighted by Crippen LogP contribution is -2.02. The molecule has 0 saturated heterocycles. The smallest absolute Gasteiger partial charge is 0.0736 e. The van der Waals surface area contributed by atoms with Crippen LogP contribution in [-0.2, 0) is 6.54 Å². The Morgan fingerprint density at radius 3 is 2.62 bits per heavy atom. The number of nitrogen functional groups attached to an aromatic ring is 1. The zero-order chi connectivity index (χ0) is 11.4. The van der Waals surface area contributed by atoms with Crippen molar-refractivity contribution in [2.45, 2.75) is 13.5 Å². The molecule has 0 aliphatic carbocycles. The molecule has 1 aromatic carbocycles. The van der Waals surface area contributed by atoms with Crippen LogP contribution in [0.5, 0.6) is 0 Å². The molecule has 2 aromatic rings. The summed E-state index contributed by atoms with van der Waals surface area (Å²) in [5.41, 5.74) is 9.89. The molecule has 82 valence electrons. The van der Waals surface area contributed by atoms with Crippen LogP contribution in [0.2, 0.25) is 0 Å². The van der Waals surface area contributed by atoms with Crippen LogP contribution in [0.25, 0.3) is 0 Å². The highest BCUT2D eigenvalue weighted by atomic mass is 14.9. The summed E-state index contributed by atoms with van der Waals surface area (Å²) in [6.45, 7) is 2.85. The molecule has 3 heteroatoms. The van der Waals surface area contributed by atoms with Crippen molar-refractivity contribution >= 4 is 11.4 Å². The van der Waals surface area contributed by atoms with Gasteiger partial charge in [-0.1, -0.05) is 29.8 Å². The van der Waals surface area contributed by atoms with E-state index in [1.807, 2.05) is 6.07 Å². The Labute approximate surface area is 95.3 Å². The number of benzene rings is 1. The van der Waals surface area contributed by atoms with Gasteiger partial charge in [-0.2, -0.15) is 0 Å². The summed E-state index contributed by atoms with van der Waals surface area (Å²) >= 11 is 0. The van der Waals surface area contributed by atoms with Gasteiger partial charge in [-0.3, -0.25) is 4.98 Å². The van der Waals surface area contributed by atoms with Crippen molar-refractivity contribution in [3.63, 3.8) is 0 Å². The molecular formula is C13H15N3. The van der Waals surface area contributed by atoms with Crippen LogP contribution in [0.4, 0.5) is 11.4 Å². The summed E-state index contributed by atoms with van der Waals surface area (Å²) in [7, 11) is 0. The van der Waals surface area contributed by atoms with Gasteiger partial charge in [0.05, 0.1) is 17.6 Å². The average molecular weight is 213 g/mol. The maximum atomic E-state index is 5.78. The zero-order valence-electron chi connectivity index (χ0n) is 9.27. The number of pyridine rings is 1. The lowest BCUT2D eigenvalue weighted by molar-refractivity contribution is 1.14. The number of nitrogens with zero attached hydrogens (tertiary/aromatic N) is 1.